The topological polar surface area (TPSA) is 47.6 Å². The average Bonchev–Trinajstić information content (AvgIpc) is 2.65. The van der Waals surface area contributed by atoms with Crippen molar-refractivity contribution in [1.82, 2.24) is 5.32 Å². The second-order valence-corrected chi connectivity index (χ2v) is 5.26. The number of carbonyl (C=O) groups excluding carboxylic acids is 1. The number of benzene rings is 2. The number of carbonyl (C=O) groups is 1. The highest BCUT2D eigenvalue weighted by Gasteiger charge is 2.02. The molecule has 0 saturated carbocycles. The van der Waals surface area contributed by atoms with Gasteiger partial charge in [0, 0.05) is 0 Å². The lowest BCUT2D eigenvalue weighted by Crippen LogP contribution is -2.29. The van der Waals surface area contributed by atoms with Crippen LogP contribution in [-0.2, 0) is 11.2 Å². The van der Waals surface area contributed by atoms with Crippen LogP contribution in [0.3, 0.4) is 0 Å². The van der Waals surface area contributed by atoms with E-state index < -0.39 is 0 Å². The van der Waals surface area contributed by atoms with Gasteiger partial charge in [-0.2, -0.15) is 0 Å². The Morgan fingerprint density at radius 3 is 2.65 bits per heavy atom. The average molecular weight is 353 g/mol. The molecule has 0 fully saturated rings. The first kappa shape index (κ1) is 19.1. The smallest absolute Gasteiger partial charge is 0.258 e. The van der Waals surface area contributed by atoms with Crippen molar-refractivity contribution in [2.24, 2.45) is 0 Å². The van der Waals surface area contributed by atoms with Gasteiger partial charge in [0.25, 0.3) is 5.91 Å². The molecule has 26 heavy (non-hydrogen) atoms. The summed E-state index contributed by atoms with van der Waals surface area (Å²) in [4.78, 5) is 11.6. The van der Waals surface area contributed by atoms with Gasteiger partial charge in [-0.1, -0.05) is 36.1 Å². The van der Waals surface area contributed by atoms with Crippen LogP contribution >= 0.6 is 0 Å². The van der Waals surface area contributed by atoms with E-state index in [1.165, 1.54) is 24.3 Å². The molecule has 1 N–H and O–H groups in total. The summed E-state index contributed by atoms with van der Waals surface area (Å²) in [6.07, 6.45) is 2.55. The number of amides is 1. The highest BCUT2D eigenvalue weighted by Crippen LogP contribution is 2.18. The minimum absolute atomic E-state index is 0.154. The van der Waals surface area contributed by atoms with Crippen molar-refractivity contribution in [2.75, 3.05) is 19.8 Å². The second kappa shape index (κ2) is 10.6. The van der Waals surface area contributed by atoms with Crippen LogP contribution in [0.15, 0.2) is 61.2 Å². The standard InChI is InChI=1S/C21H20FNO3/c1-2-7-17-8-3-4-9-20(17)25-15-6-5-14-23-21(24)16-26-19-12-10-18(22)11-13-19/h2-4,8-13H,1,7,14-16H2,(H,23,24). The van der Waals surface area contributed by atoms with E-state index in [0.717, 1.165) is 17.7 Å². The van der Waals surface area contributed by atoms with E-state index in [1.54, 1.807) is 0 Å². The maximum atomic E-state index is 12.8. The van der Waals surface area contributed by atoms with Crippen LogP contribution in [-0.4, -0.2) is 25.7 Å². The largest absolute Gasteiger partial charge is 0.484 e. The molecule has 0 unspecified atom stereocenters. The normalized spacial score (nSPS) is 9.58. The van der Waals surface area contributed by atoms with E-state index in [-0.39, 0.29) is 31.5 Å². The summed E-state index contributed by atoms with van der Waals surface area (Å²) in [5.74, 6) is 6.20. The fourth-order valence-electron chi connectivity index (χ4n) is 2.07. The molecule has 4 nitrogen and oxygen atoms in total. The first-order valence-electron chi connectivity index (χ1n) is 8.11. The van der Waals surface area contributed by atoms with Crippen molar-refractivity contribution < 1.29 is 18.7 Å². The Morgan fingerprint density at radius 2 is 1.88 bits per heavy atom. The molecule has 0 atom stereocenters. The van der Waals surface area contributed by atoms with Gasteiger partial charge < -0.3 is 14.8 Å². The van der Waals surface area contributed by atoms with E-state index in [9.17, 15) is 9.18 Å². The van der Waals surface area contributed by atoms with Gasteiger partial charge in [0.15, 0.2) is 6.61 Å². The molecule has 0 aromatic heterocycles. The minimum Gasteiger partial charge on any atom is -0.484 e. The van der Waals surface area contributed by atoms with Gasteiger partial charge in [0.1, 0.15) is 23.9 Å². The maximum Gasteiger partial charge on any atom is 0.258 e. The van der Waals surface area contributed by atoms with Gasteiger partial charge in [-0.25, -0.2) is 4.39 Å². The quantitative estimate of drug-likeness (QED) is 0.586. The number of allylic oxidation sites excluding steroid dienone is 1. The van der Waals surface area contributed by atoms with E-state index in [0.29, 0.717) is 5.75 Å². The molecule has 0 aliphatic carbocycles. The minimum atomic E-state index is -0.355. The summed E-state index contributed by atoms with van der Waals surface area (Å²) in [6.45, 7) is 4.00. The molecule has 0 bridgehead atoms. The van der Waals surface area contributed by atoms with E-state index in [1.807, 2.05) is 30.3 Å². The van der Waals surface area contributed by atoms with Gasteiger partial charge in [-0.3, -0.25) is 4.79 Å². The zero-order chi connectivity index (χ0) is 18.6. The Kier molecular flexibility index (Phi) is 7.75. The fraction of sp³-hybridized carbons (Fsp3) is 0.190. The van der Waals surface area contributed by atoms with Crippen LogP contribution in [0, 0.1) is 17.7 Å². The lowest BCUT2D eigenvalue weighted by molar-refractivity contribution is -0.122. The van der Waals surface area contributed by atoms with E-state index in [4.69, 9.17) is 9.47 Å². The summed E-state index contributed by atoms with van der Waals surface area (Å²) in [5.41, 5.74) is 1.05. The summed E-state index contributed by atoms with van der Waals surface area (Å²) < 4.78 is 23.6. The van der Waals surface area contributed by atoms with Crippen LogP contribution in [0.1, 0.15) is 5.56 Å². The molecule has 2 aromatic carbocycles. The van der Waals surface area contributed by atoms with Crippen molar-refractivity contribution in [3.63, 3.8) is 0 Å². The zero-order valence-corrected chi connectivity index (χ0v) is 14.3. The van der Waals surface area contributed by atoms with Crippen molar-refractivity contribution >= 4 is 5.91 Å². The Labute approximate surface area is 152 Å². The first-order valence-corrected chi connectivity index (χ1v) is 8.11. The van der Waals surface area contributed by atoms with Crippen LogP contribution in [0.4, 0.5) is 4.39 Å². The molecular weight excluding hydrogens is 333 g/mol. The van der Waals surface area contributed by atoms with Crippen LogP contribution in [0.25, 0.3) is 0 Å². The first-order chi connectivity index (χ1) is 12.7. The molecule has 0 saturated heterocycles. The summed E-state index contributed by atoms with van der Waals surface area (Å²) in [5, 5.41) is 2.61. The number of para-hydroxylation sites is 1. The molecule has 2 aromatic rings. The van der Waals surface area contributed by atoms with Crippen molar-refractivity contribution in [1.29, 1.82) is 0 Å². The van der Waals surface area contributed by atoms with Crippen LogP contribution in [0.2, 0.25) is 0 Å². The van der Waals surface area contributed by atoms with Crippen molar-refractivity contribution in [3.8, 4) is 23.3 Å². The highest BCUT2D eigenvalue weighted by molar-refractivity contribution is 5.77. The highest BCUT2D eigenvalue weighted by atomic mass is 19.1. The number of rotatable bonds is 8. The molecular formula is C21H20FNO3. The molecule has 2 rings (SSSR count). The van der Waals surface area contributed by atoms with E-state index in [2.05, 4.69) is 23.7 Å². The SMILES string of the molecule is C=CCc1ccccc1OCC#CCNC(=O)COc1ccc(F)cc1. The number of hydrogen-bond donors (Lipinski definition) is 1. The van der Waals surface area contributed by atoms with Crippen LogP contribution < -0.4 is 14.8 Å². The Balaban J connectivity index is 1.66. The lowest BCUT2D eigenvalue weighted by Gasteiger charge is -2.07. The molecule has 0 aliphatic rings. The van der Waals surface area contributed by atoms with E-state index >= 15 is 0 Å². The number of ether oxygens (including phenoxy) is 2. The van der Waals surface area contributed by atoms with Crippen LogP contribution in [0.5, 0.6) is 11.5 Å². The predicted octanol–water partition coefficient (Wildman–Crippen LogP) is 3.13. The second-order valence-electron chi connectivity index (χ2n) is 5.26. The summed E-state index contributed by atoms with van der Waals surface area (Å²) >= 11 is 0. The molecule has 0 spiro atoms. The monoisotopic (exact) mass is 353 g/mol. The van der Waals surface area contributed by atoms with Crippen molar-refractivity contribution in [2.45, 2.75) is 6.42 Å². The van der Waals surface area contributed by atoms with Gasteiger partial charge in [-0.15, -0.1) is 6.58 Å². The Morgan fingerprint density at radius 1 is 1.12 bits per heavy atom. The molecule has 0 radical (unpaired) electrons. The third kappa shape index (κ3) is 6.70. The molecule has 0 aliphatic heterocycles. The molecule has 0 heterocycles. The van der Waals surface area contributed by atoms with Gasteiger partial charge >= 0.3 is 0 Å². The van der Waals surface area contributed by atoms with Gasteiger partial charge in [0.2, 0.25) is 0 Å². The van der Waals surface area contributed by atoms with Gasteiger partial charge in [0.05, 0.1) is 6.54 Å². The number of nitrogens with one attached hydrogen (secondary N) is 1. The third-order valence-electron chi connectivity index (χ3n) is 3.32. The molecule has 1 amide bonds. The summed E-state index contributed by atoms with van der Waals surface area (Å²) in [7, 11) is 0. The number of hydrogen-bond acceptors (Lipinski definition) is 3. The predicted molar refractivity (Wildman–Crippen MR) is 98.5 cm³/mol. The lowest BCUT2D eigenvalue weighted by atomic mass is 10.1. The third-order valence-corrected chi connectivity index (χ3v) is 3.32. The maximum absolute atomic E-state index is 12.8. The Bertz CT molecular complexity index is 791. The molecule has 5 heteroatoms. The number of halogens is 1. The summed E-state index contributed by atoms with van der Waals surface area (Å²) in [6, 6.07) is 13.2. The Hall–Kier alpha value is -3.26. The fourth-order valence-corrected chi connectivity index (χ4v) is 2.07. The van der Waals surface area contributed by atoms with Gasteiger partial charge in [-0.05, 0) is 42.3 Å². The zero-order valence-electron chi connectivity index (χ0n) is 14.3. The molecule has 134 valence electrons. The van der Waals surface area contributed by atoms with Crippen molar-refractivity contribution in [3.05, 3.63) is 72.6 Å².